The molecule has 0 saturated heterocycles. The van der Waals surface area contributed by atoms with Crippen LogP contribution in [0.15, 0.2) is 146 Å². The average Bonchev–Trinajstić information content (AvgIpc) is 3.62. The molecule has 0 atom stereocenters. The summed E-state index contributed by atoms with van der Waals surface area (Å²) in [5.74, 6) is 1.19. The van der Waals surface area contributed by atoms with Gasteiger partial charge in [0.2, 0.25) is 0 Å². The molecule has 0 unspecified atom stereocenters. The first-order valence-corrected chi connectivity index (χ1v) is 21.7. The number of aromatic hydroxyl groups is 1. The van der Waals surface area contributed by atoms with Gasteiger partial charge in [0, 0.05) is 34.0 Å². The number of pyridine rings is 1. The molecule has 2 heterocycles. The minimum Gasteiger partial charge on any atom is -0.507 e. The second-order valence-electron chi connectivity index (χ2n) is 20.0. The molecule has 0 saturated carbocycles. The van der Waals surface area contributed by atoms with Crippen molar-refractivity contribution < 1.29 is 5.11 Å². The molecule has 4 nitrogen and oxygen atoms in total. The minimum atomic E-state index is -0.315. The van der Waals surface area contributed by atoms with Crippen molar-refractivity contribution in [3.05, 3.63) is 168 Å². The van der Waals surface area contributed by atoms with Crippen molar-refractivity contribution in [1.82, 2.24) is 14.5 Å². The number of fused-ring (bicyclic) bond motifs is 1. The highest BCUT2D eigenvalue weighted by atomic mass is 16.3. The number of phenolic OH excluding ortho intramolecular Hbond substituents is 1. The summed E-state index contributed by atoms with van der Waals surface area (Å²) in [6, 6.07) is 49.7. The van der Waals surface area contributed by atoms with E-state index in [1.807, 2.05) is 12.3 Å². The van der Waals surface area contributed by atoms with Crippen LogP contribution in [0.25, 0.3) is 72.7 Å². The number of hydrogen-bond donors (Lipinski definition) is 1. The van der Waals surface area contributed by atoms with E-state index in [4.69, 9.17) is 9.97 Å². The Balaban J connectivity index is 1.46. The van der Waals surface area contributed by atoms with Crippen molar-refractivity contribution in [2.75, 3.05) is 0 Å². The summed E-state index contributed by atoms with van der Waals surface area (Å²) < 4.78 is 2.34. The first-order chi connectivity index (χ1) is 28.9. The van der Waals surface area contributed by atoms with Crippen molar-refractivity contribution >= 4 is 11.0 Å². The molecule has 0 aliphatic rings. The molecule has 8 aromatic rings. The van der Waals surface area contributed by atoms with Crippen LogP contribution in [0.5, 0.6) is 5.75 Å². The zero-order valence-corrected chi connectivity index (χ0v) is 37.7. The average molecular weight is 802 g/mol. The van der Waals surface area contributed by atoms with Gasteiger partial charge in [-0.2, -0.15) is 0 Å². The van der Waals surface area contributed by atoms with E-state index in [0.29, 0.717) is 5.82 Å². The maximum atomic E-state index is 12.5. The lowest BCUT2D eigenvalue weighted by Gasteiger charge is -2.28. The Labute approximate surface area is 363 Å². The van der Waals surface area contributed by atoms with Crippen LogP contribution >= 0.6 is 0 Å². The van der Waals surface area contributed by atoms with Gasteiger partial charge >= 0.3 is 0 Å². The van der Waals surface area contributed by atoms with Crippen LogP contribution in [0.1, 0.15) is 104 Å². The zero-order chi connectivity index (χ0) is 43.4. The molecule has 308 valence electrons. The first-order valence-electron chi connectivity index (χ1n) is 21.7. The summed E-state index contributed by atoms with van der Waals surface area (Å²) in [4.78, 5) is 10.7. The fourth-order valence-corrected chi connectivity index (χ4v) is 8.41. The number of benzene rings is 6. The van der Waals surface area contributed by atoms with Crippen molar-refractivity contribution in [3.8, 4) is 67.5 Å². The van der Waals surface area contributed by atoms with Crippen molar-refractivity contribution in [1.29, 1.82) is 0 Å². The highest BCUT2D eigenvalue weighted by molar-refractivity contribution is 5.98. The Kier molecular flexibility index (Phi) is 10.6. The molecule has 0 fully saturated rings. The number of rotatable bonds is 7. The van der Waals surface area contributed by atoms with E-state index in [0.717, 1.165) is 78.0 Å². The molecule has 4 heteroatoms. The van der Waals surface area contributed by atoms with Crippen LogP contribution in [0.4, 0.5) is 0 Å². The van der Waals surface area contributed by atoms with Gasteiger partial charge in [-0.1, -0.05) is 185 Å². The van der Waals surface area contributed by atoms with Gasteiger partial charge in [0.05, 0.1) is 28.0 Å². The highest BCUT2D eigenvalue weighted by Crippen LogP contribution is 2.47. The number of imidazole rings is 1. The second kappa shape index (κ2) is 15.6. The maximum Gasteiger partial charge on any atom is 0.149 e. The number of phenols is 1. The third-order valence-electron chi connectivity index (χ3n) is 12.0. The number of para-hydroxylation sites is 2. The molecule has 0 spiro atoms. The second-order valence-corrected chi connectivity index (χ2v) is 20.0. The topological polar surface area (TPSA) is 50.9 Å². The van der Waals surface area contributed by atoms with Gasteiger partial charge in [-0.05, 0) is 85.9 Å². The van der Waals surface area contributed by atoms with E-state index >= 15 is 0 Å². The lowest BCUT2D eigenvalue weighted by atomic mass is 9.79. The smallest absolute Gasteiger partial charge is 0.149 e. The van der Waals surface area contributed by atoms with Crippen molar-refractivity contribution in [3.63, 3.8) is 0 Å². The lowest BCUT2D eigenvalue weighted by molar-refractivity contribution is 0.446. The summed E-state index contributed by atoms with van der Waals surface area (Å²) in [6.07, 6.45) is 1.98. The van der Waals surface area contributed by atoms with Gasteiger partial charge in [0.25, 0.3) is 0 Å². The summed E-state index contributed by atoms with van der Waals surface area (Å²) >= 11 is 0. The summed E-state index contributed by atoms with van der Waals surface area (Å²) in [7, 11) is 0. The van der Waals surface area contributed by atoms with E-state index < -0.39 is 0 Å². The van der Waals surface area contributed by atoms with Crippen LogP contribution in [0.2, 0.25) is 0 Å². The van der Waals surface area contributed by atoms with E-state index in [2.05, 4.69) is 214 Å². The summed E-state index contributed by atoms with van der Waals surface area (Å²) in [5.41, 5.74) is 16.0. The van der Waals surface area contributed by atoms with Crippen LogP contribution in [-0.2, 0) is 16.2 Å². The largest absolute Gasteiger partial charge is 0.507 e. The molecule has 2 aromatic heterocycles. The molecule has 0 bridgehead atoms. The van der Waals surface area contributed by atoms with Crippen molar-refractivity contribution in [2.24, 2.45) is 0 Å². The zero-order valence-electron chi connectivity index (χ0n) is 37.7. The quantitative estimate of drug-likeness (QED) is 0.175. The Morgan fingerprint density at radius 1 is 0.508 bits per heavy atom. The third kappa shape index (κ3) is 8.04. The number of hydrogen-bond acceptors (Lipinski definition) is 3. The van der Waals surface area contributed by atoms with Crippen LogP contribution in [-0.4, -0.2) is 19.6 Å². The fourth-order valence-electron chi connectivity index (χ4n) is 8.41. The molecule has 1 N–H and O–H groups in total. The van der Waals surface area contributed by atoms with Gasteiger partial charge in [0.1, 0.15) is 11.6 Å². The first kappa shape index (κ1) is 41.5. The summed E-state index contributed by atoms with van der Waals surface area (Å²) in [6.45, 7) is 24.5. The lowest BCUT2D eigenvalue weighted by Crippen LogP contribution is -2.17. The standard InChI is InChI=1S/C57H59N3O/c1-36(2)44-24-18-26-46(38-22-16-13-17-23-38)52(44)60-50-27-19-25-45(51(50)59-54(60)47-33-43(56(6,7)8)34-48(53(47)61)57(9,10)11)40-30-41(32-42(31-40)55(3,4)5)49-29-28-39(35-58-49)37-20-14-12-15-21-37/h12-36,61H,1-11H3. The summed E-state index contributed by atoms with van der Waals surface area (Å²) in [5, 5.41) is 12.5. The van der Waals surface area contributed by atoms with E-state index in [1.54, 1.807) is 0 Å². The van der Waals surface area contributed by atoms with Crippen LogP contribution < -0.4 is 0 Å². The SMILES string of the molecule is CC(C)c1cccc(-c2ccccc2)c1-n1c(-c2cc(C(C)(C)C)cc(C(C)(C)C)c2O)nc2c(-c3cc(-c4ccc(-c5ccccc5)cn4)cc(C(C)(C)C)c3)cccc21. The van der Waals surface area contributed by atoms with E-state index in [-0.39, 0.29) is 27.9 Å². The van der Waals surface area contributed by atoms with Gasteiger partial charge < -0.3 is 5.11 Å². The fraction of sp³-hybridized carbons (Fsp3) is 0.263. The van der Waals surface area contributed by atoms with E-state index in [1.165, 1.54) is 11.1 Å². The van der Waals surface area contributed by atoms with Gasteiger partial charge in [-0.15, -0.1) is 0 Å². The molecule has 6 aromatic carbocycles. The Hall–Kier alpha value is -6.26. The Morgan fingerprint density at radius 3 is 1.72 bits per heavy atom. The molecular weight excluding hydrogens is 743 g/mol. The Morgan fingerprint density at radius 2 is 1.11 bits per heavy atom. The van der Waals surface area contributed by atoms with Crippen LogP contribution in [0.3, 0.4) is 0 Å². The minimum absolute atomic E-state index is 0.128. The predicted molar refractivity (Wildman–Crippen MR) is 258 cm³/mol. The van der Waals surface area contributed by atoms with Gasteiger partial charge in [0.15, 0.2) is 0 Å². The van der Waals surface area contributed by atoms with Gasteiger partial charge in [-0.25, -0.2) is 4.98 Å². The molecule has 0 amide bonds. The Bertz CT molecular complexity index is 2860. The number of nitrogens with zero attached hydrogens (tertiary/aromatic N) is 3. The van der Waals surface area contributed by atoms with Crippen molar-refractivity contribution in [2.45, 2.75) is 98.3 Å². The molecule has 0 aliphatic carbocycles. The van der Waals surface area contributed by atoms with E-state index in [9.17, 15) is 5.11 Å². The molecule has 61 heavy (non-hydrogen) atoms. The maximum absolute atomic E-state index is 12.5. The molecular formula is C57H59N3O. The predicted octanol–water partition coefficient (Wildman–Crippen LogP) is 15.5. The molecule has 0 radical (unpaired) electrons. The van der Waals surface area contributed by atoms with Gasteiger partial charge in [-0.3, -0.25) is 9.55 Å². The number of aromatic nitrogens is 3. The monoisotopic (exact) mass is 801 g/mol. The van der Waals surface area contributed by atoms with Crippen LogP contribution in [0, 0.1) is 0 Å². The highest BCUT2D eigenvalue weighted by Gasteiger charge is 2.30. The molecule has 0 aliphatic heterocycles. The third-order valence-corrected chi connectivity index (χ3v) is 12.0. The molecule has 8 rings (SSSR count). The normalized spacial score (nSPS) is 12.4.